The van der Waals surface area contributed by atoms with Crippen molar-refractivity contribution >= 4 is 0 Å². The molecule has 0 rings (SSSR count). The predicted molar refractivity (Wildman–Crippen MR) is 32.2 cm³/mol. The van der Waals surface area contributed by atoms with Gasteiger partial charge in [0.15, 0.2) is 0 Å². The van der Waals surface area contributed by atoms with E-state index in [1.165, 1.54) is 0 Å². The van der Waals surface area contributed by atoms with Gasteiger partial charge < -0.3 is 11.1 Å². The Morgan fingerprint density at radius 1 is 1.71 bits per heavy atom. The second-order valence-electron chi connectivity index (χ2n) is 1.63. The third-order valence-corrected chi connectivity index (χ3v) is 1.19. The van der Waals surface area contributed by atoms with Crippen LogP contribution in [0.25, 0.3) is 0 Å². The summed E-state index contributed by atoms with van der Waals surface area (Å²) >= 11 is 0. The molecule has 0 aromatic rings. The summed E-state index contributed by atoms with van der Waals surface area (Å²) in [4.78, 5) is 0. The fourth-order valence-electron chi connectivity index (χ4n) is 0.489. The topological polar surface area (TPSA) is 38.0 Å². The molecule has 0 heterocycles. The maximum Gasteiger partial charge on any atom is 0.0184 e. The van der Waals surface area contributed by atoms with Crippen LogP contribution in [0.5, 0.6) is 0 Å². The minimum Gasteiger partial charge on any atom is -0.329 e. The zero-order valence-corrected chi connectivity index (χ0v) is 5.07. The summed E-state index contributed by atoms with van der Waals surface area (Å²) in [5, 5.41) is 3.08. The number of hydrogen-bond donors (Lipinski definition) is 2. The van der Waals surface area contributed by atoms with Crippen LogP contribution in [-0.4, -0.2) is 19.6 Å². The molecule has 0 spiro atoms. The molecule has 2 nitrogen and oxygen atoms in total. The molecule has 0 aliphatic carbocycles. The molecule has 44 valence electrons. The normalized spacial score (nSPS) is 14.1. The van der Waals surface area contributed by atoms with Crippen LogP contribution in [0.1, 0.15) is 13.3 Å². The molecule has 0 aromatic carbocycles. The Hall–Kier alpha value is -0.0800. The first-order valence-electron chi connectivity index (χ1n) is 2.72. The Labute approximate surface area is 45.1 Å². The van der Waals surface area contributed by atoms with E-state index in [-0.39, 0.29) is 0 Å². The van der Waals surface area contributed by atoms with Gasteiger partial charge in [-0.3, -0.25) is 0 Å². The first kappa shape index (κ1) is 6.92. The molecule has 0 amide bonds. The van der Waals surface area contributed by atoms with Gasteiger partial charge in [0.1, 0.15) is 0 Å². The summed E-state index contributed by atoms with van der Waals surface area (Å²) < 4.78 is 0. The smallest absolute Gasteiger partial charge is 0.0184 e. The van der Waals surface area contributed by atoms with Gasteiger partial charge in [-0.1, -0.05) is 6.92 Å². The summed E-state index contributed by atoms with van der Waals surface area (Å²) in [6, 6.07) is 0.514. The van der Waals surface area contributed by atoms with E-state index in [0.717, 1.165) is 13.0 Å². The van der Waals surface area contributed by atoms with Crippen molar-refractivity contribution in [2.45, 2.75) is 19.4 Å². The summed E-state index contributed by atoms with van der Waals surface area (Å²) in [6.07, 6.45) is 1.12. The van der Waals surface area contributed by atoms with Crippen LogP contribution in [0.4, 0.5) is 0 Å². The van der Waals surface area contributed by atoms with E-state index in [2.05, 4.69) is 12.2 Å². The van der Waals surface area contributed by atoms with E-state index in [9.17, 15) is 0 Å². The highest BCUT2D eigenvalue weighted by Gasteiger charge is 1.94. The van der Waals surface area contributed by atoms with Gasteiger partial charge in [0.05, 0.1) is 0 Å². The first-order valence-corrected chi connectivity index (χ1v) is 2.72. The van der Waals surface area contributed by atoms with E-state index in [1.54, 1.807) is 0 Å². The largest absolute Gasteiger partial charge is 0.329 e. The second kappa shape index (κ2) is 4.09. The van der Waals surface area contributed by atoms with Crippen LogP contribution in [0.15, 0.2) is 0 Å². The van der Waals surface area contributed by atoms with Crippen LogP contribution in [0.2, 0.25) is 0 Å². The van der Waals surface area contributed by atoms with Crippen LogP contribution >= 0.6 is 0 Å². The van der Waals surface area contributed by atoms with Crippen LogP contribution in [0.3, 0.4) is 0 Å². The van der Waals surface area contributed by atoms with Gasteiger partial charge in [-0.05, 0) is 13.5 Å². The first-order chi connectivity index (χ1) is 3.35. The van der Waals surface area contributed by atoms with Crippen molar-refractivity contribution in [1.82, 2.24) is 5.32 Å². The highest BCUT2D eigenvalue weighted by Crippen LogP contribution is 1.82. The number of nitrogens with two attached hydrogens (primary N) is 1. The zero-order chi connectivity index (χ0) is 5.70. The number of likely N-dealkylation sites (N-methyl/N-ethyl adjacent to an activating group) is 1. The van der Waals surface area contributed by atoms with Crippen molar-refractivity contribution in [3.8, 4) is 0 Å². The van der Waals surface area contributed by atoms with E-state index >= 15 is 0 Å². The van der Waals surface area contributed by atoms with Crippen LogP contribution in [0, 0.1) is 0 Å². The van der Waals surface area contributed by atoms with Crippen molar-refractivity contribution in [3.05, 3.63) is 0 Å². The van der Waals surface area contributed by atoms with Crippen molar-refractivity contribution in [2.75, 3.05) is 13.6 Å². The lowest BCUT2D eigenvalue weighted by Crippen LogP contribution is -2.32. The van der Waals surface area contributed by atoms with E-state index in [0.29, 0.717) is 6.04 Å². The average molecular weight is 102 g/mol. The molecule has 1 unspecified atom stereocenters. The summed E-state index contributed by atoms with van der Waals surface area (Å²) in [6.45, 7) is 2.86. The fraction of sp³-hybridized carbons (Fsp3) is 1.00. The number of rotatable bonds is 3. The Kier molecular flexibility index (Phi) is 4.04. The molecule has 2 heteroatoms. The van der Waals surface area contributed by atoms with Crippen molar-refractivity contribution in [3.63, 3.8) is 0 Å². The van der Waals surface area contributed by atoms with E-state index in [1.807, 2.05) is 7.05 Å². The van der Waals surface area contributed by atoms with Gasteiger partial charge in [-0.15, -0.1) is 0 Å². The Balaban J connectivity index is 2.99. The third-order valence-electron chi connectivity index (χ3n) is 1.19. The minimum absolute atomic E-state index is 0.514. The molecule has 0 aromatic heterocycles. The molecule has 0 saturated heterocycles. The lowest BCUT2D eigenvalue weighted by atomic mass is 10.2. The minimum atomic E-state index is 0.514. The van der Waals surface area contributed by atoms with Crippen LogP contribution < -0.4 is 11.1 Å². The third kappa shape index (κ3) is 2.60. The Morgan fingerprint density at radius 3 is 2.29 bits per heavy atom. The predicted octanol–water partition coefficient (Wildman–Crippen LogP) is -0.0569. The number of nitrogens with one attached hydrogen (secondary N) is 1. The van der Waals surface area contributed by atoms with Gasteiger partial charge in [0, 0.05) is 12.6 Å². The fourth-order valence-corrected chi connectivity index (χ4v) is 0.489. The number of hydrogen-bond acceptors (Lipinski definition) is 2. The molecular weight excluding hydrogens is 88.1 g/mol. The summed E-state index contributed by atoms with van der Waals surface area (Å²) in [5.74, 6) is 0. The lowest BCUT2D eigenvalue weighted by molar-refractivity contribution is 0.556. The zero-order valence-electron chi connectivity index (χ0n) is 5.07. The Bertz CT molecular complexity index is 27.6. The molecule has 7 heavy (non-hydrogen) atoms. The molecule has 0 fully saturated rings. The van der Waals surface area contributed by atoms with Gasteiger partial charge in [-0.25, -0.2) is 0 Å². The molecular formula is C5H14N2. The lowest BCUT2D eigenvalue weighted by Gasteiger charge is -2.08. The van der Waals surface area contributed by atoms with Gasteiger partial charge in [0.25, 0.3) is 0 Å². The molecule has 1 atom stereocenters. The standard InChI is InChI=1S/C5H14N2/c1-3-5(4-6)7-2/h5,7H,3-4,6H2,1-2H3. The second-order valence-corrected chi connectivity index (χ2v) is 1.63. The Morgan fingerprint density at radius 2 is 2.29 bits per heavy atom. The maximum atomic E-state index is 5.33. The van der Waals surface area contributed by atoms with E-state index < -0.39 is 0 Å². The van der Waals surface area contributed by atoms with Crippen LogP contribution in [-0.2, 0) is 0 Å². The van der Waals surface area contributed by atoms with Gasteiger partial charge in [0.2, 0.25) is 0 Å². The SMILES string of the molecule is CCC(CN)NC. The molecule has 0 aliphatic rings. The van der Waals surface area contributed by atoms with Gasteiger partial charge in [-0.2, -0.15) is 0 Å². The quantitative estimate of drug-likeness (QED) is 0.524. The molecule has 0 aliphatic heterocycles. The highest BCUT2D eigenvalue weighted by molar-refractivity contribution is 4.60. The molecule has 0 bridgehead atoms. The van der Waals surface area contributed by atoms with Gasteiger partial charge >= 0.3 is 0 Å². The molecule has 0 radical (unpaired) electrons. The monoisotopic (exact) mass is 102 g/mol. The highest BCUT2D eigenvalue weighted by atomic mass is 14.9. The summed E-state index contributed by atoms with van der Waals surface area (Å²) in [7, 11) is 1.93. The molecule has 3 N–H and O–H groups in total. The van der Waals surface area contributed by atoms with Crippen molar-refractivity contribution in [2.24, 2.45) is 5.73 Å². The van der Waals surface area contributed by atoms with Crippen molar-refractivity contribution < 1.29 is 0 Å². The maximum absolute atomic E-state index is 5.33. The van der Waals surface area contributed by atoms with E-state index in [4.69, 9.17) is 5.73 Å². The molecule has 0 saturated carbocycles. The van der Waals surface area contributed by atoms with Crippen molar-refractivity contribution in [1.29, 1.82) is 0 Å². The average Bonchev–Trinajstić information content (AvgIpc) is 1.72. The summed E-state index contributed by atoms with van der Waals surface area (Å²) in [5.41, 5.74) is 5.33.